The topological polar surface area (TPSA) is 239 Å². The van der Waals surface area contributed by atoms with Gasteiger partial charge in [0, 0.05) is 90.2 Å². The molecule has 1 spiro atoms. The van der Waals surface area contributed by atoms with Crippen molar-refractivity contribution in [3.8, 4) is 29.6 Å². The van der Waals surface area contributed by atoms with Crippen molar-refractivity contribution >= 4 is 62.7 Å². The van der Waals surface area contributed by atoms with Crippen LogP contribution in [0.2, 0.25) is 0 Å². The molecule has 380 valence electrons. The first-order valence-electron chi connectivity index (χ1n) is 23.5. The summed E-state index contributed by atoms with van der Waals surface area (Å²) in [7, 11) is 5.00. The molecule has 2 aromatic rings. The normalized spacial score (nSPS) is 30.2. The Balaban J connectivity index is 1.49. The first-order chi connectivity index (χ1) is 33.0. The monoisotopic (exact) mass is 1080 g/mol. The maximum atomic E-state index is 15.0. The summed E-state index contributed by atoms with van der Waals surface area (Å²) in [6, 6.07) is 0. The van der Waals surface area contributed by atoms with Gasteiger partial charge in [0.15, 0.2) is 11.4 Å². The molecule has 18 nitrogen and oxygen atoms in total. The smallest absolute Gasteiger partial charge is 0.383 e. The van der Waals surface area contributed by atoms with Crippen LogP contribution in [0.15, 0.2) is 46.1 Å². The quantitative estimate of drug-likeness (QED) is 0.0596. The summed E-state index contributed by atoms with van der Waals surface area (Å²) in [5.74, 6) is -7.47. The highest BCUT2D eigenvalue weighted by atomic mass is 127. The molecule has 1 amide bonds. The van der Waals surface area contributed by atoms with Gasteiger partial charge in [-0.3, -0.25) is 29.2 Å². The second kappa shape index (κ2) is 22.1. The van der Waals surface area contributed by atoms with Crippen molar-refractivity contribution in [2.45, 2.75) is 108 Å². The number of piperidine rings is 1. The zero-order chi connectivity index (χ0) is 51.6. The van der Waals surface area contributed by atoms with Gasteiger partial charge in [-0.25, -0.2) is 0 Å². The molecule has 1 saturated heterocycles. The summed E-state index contributed by atoms with van der Waals surface area (Å²) in [5, 5.41) is 50.4. The van der Waals surface area contributed by atoms with Crippen molar-refractivity contribution in [1.82, 2.24) is 9.80 Å². The number of methoxy groups -OCH3 is 1. The number of allylic oxidation sites excluding steroid dienone is 2. The van der Waals surface area contributed by atoms with Gasteiger partial charge in [-0.15, -0.1) is 6.42 Å². The largest absolute Gasteiger partial charge is 0.507 e. The zero-order valence-electron chi connectivity index (χ0n) is 41.4. The van der Waals surface area contributed by atoms with E-state index < -0.39 is 101 Å². The van der Waals surface area contributed by atoms with Gasteiger partial charge in [0.05, 0.1) is 40.9 Å². The summed E-state index contributed by atoms with van der Waals surface area (Å²) in [6.07, 6.45) is 9.15. The third-order valence-electron chi connectivity index (χ3n) is 13.8. The van der Waals surface area contributed by atoms with Crippen molar-refractivity contribution in [2.75, 3.05) is 59.3 Å². The van der Waals surface area contributed by atoms with Crippen molar-refractivity contribution in [2.24, 2.45) is 33.7 Å². The minimum absolute atomic E-state index is 0.0100. The molecule has 4 aliphatic rings. The molecule has 70 heavy (non-hydrogen) atoms. The molecule has 4 bridgehead atoms. The Morgan fingerprint density at radius 3 is 2.30 bits per heavy atom. The summed E-state index contributed by atoms with van der Waals surface area (Å²) >= 11 is 2.38. The number of anilines is 1. The fourth-order valence-electron chi connectivity index (χ4n) is 9.53. The third-order valence-corrected chi connectivity index (χ3v) is 14.2. The van der Waals surface area contributed by atoms with Crippen LogP contribution in [-0.2, 0) is 33.3 Å². The Bertz CT molecular complexity index is 2630. The first-order valence-corrected chi connectivity index (χ1v) is 24.8. The first kappa shape index (κ1) is 54.2. The van der Waals surface area contributed by atoms with Crippen LogP contribution in [0.5, 0.6) is 17.2 Å². The van der Waals surface area contributed by atoms with Crippen molar-refractivity contribution in [3.63, 3.8) is 0 Å². The summed E-state index contributed by atoms with van der Waals surface area (Å²) in [4.78, 5) is 69.4. The summed E-state index contributed by atoms with van der Waals surface area (Å²) in [5.41, 5.74) is -1.03. The van der Waals surface area contributed by atoms with E-state index in [1.165, 1.54) is 26.2 Å². The average Bonchev–Trinajstić information content (AvgIpc) is 3.83. The Kier molecular flexibility index (Phi) is 17.1. The molecule has 10 atom stereocenters. The van der Waals surface area contributed by atoms with Gasteiger partial charge in [-0.1, -0.05) is 75.4 Å². The van der Waals surface area contributed by atoms with E-state index in [-0.39, 0.29) is 56.2 Å². The third kappa shape index (κ3) is 11.0. The minimum Gasteiger partial charge on any atom is -0.507 e. The Morgan fingerprint density at radius 1 is 1.00 bits per heavy atom. The van der Waals surface area contributed by atoms with E-state index in [4.69, 9.17) is 40.1 Å². The number of rotatable bonds is 9. The molecular weight excluding hydrogens is 1020 g/mol. The van der Waals surface area contributed by atoms with Crippen molar-refractivity contribution in [3.05, 3.63) is 58.0 Å². The van der Waals surface area contributed by atoms with Crippen LogP contribution in [0.25, 0.3) is 10.8 Å². The molecule has 0 aromatic heterocycles. The number of phenolic OH excluding ortho intramolecular Hbond substituents is 2. The molecule has 2 aromatic carbocycles. The number of halogens is 1. The van der Waals surface area contributed by atoms with E-state index >= 15 is 0 Å². The number of terminal acetylenes is 1. The lowest BCUT2D eigenvalue weighted by atomic mass is 9.78. The summed E-state index contributed by atoms with van der Waals surface area (Å²) < 4.78 is 29.7. The molecule has 1 fully saturated rings. The number of likely N-dealkylation sites (N-methyl/N-ethyl adjacent to an activating group) is 1. The van der Waals surface area contributed by atoms with Crippen LogP contribution in [0.1, 0.15) is 76.7 Å². The zero-order valence-corrected chi connectivity index (χ0v) is 43.6. The number of aliphatic hydroxyl groups excluding tert-OH is 2. The SMILES string of the molecule is C#C[C@@]12O/C=C/[C@H](OC)[C@@H](C)[C@@H](OC(=O)CC(=O)OCCN(C)C)[C@H](C)[C@H](O)[C@H](C)[C@@H](O)[C@@H](C)/C=C/C=C(/C)C(=O)Nc3c(O)c4c(O)c(C)c(c(c4c4c3=NC3(CCN(CC(C)I)CC3)N=4)C1=O)O2. The number of Topliss-reactive ketones (excluding diaryl/α,β-unsaturated/α-hetero) is 1. The number of ether oxygens (including phenoxy) is 5. The van der Waals surface area contributed by atoms with Crippen LogP contribution < -0.4 is 20.8 Å². The number of carbonyl (C=O) groups is 4. The molecule has 4 aliphatic heterocycles. The lowest BCUT2D eigenvalue weighted by Gasteiger charge is -2.38. The predicted molar refractivity (Wildman–Crippen MR) is 268 cm³/mol. The number of nitrogens with one attached hydrogen (secondary N) is 1. The number of hydrogen-bond acceptors (Lipinski definition) is 17. The number of likely N-dealkylation sites (tertiary alicyclic amines) is 1. The Morgan fingerprint density at radius 2 is 1.67 bits per heavy atom. The van der Waals surface area contributed by atoms with Gasteiger partial charge in [-0.05, 0) is 39.9 Å². The fourth-order valence-corrected chi connectivity index (χ4v) is 10.1. The second-order valence-corrected chi connectivity index (χ2v) is 21.4. The van der Waals surface area contributed by atoms with E-state index in [1.54, 1.807) is 46.8 Å². The van der Waals surface area contributed by atoms with Crippen LogP contribution in [0, 0.1) is 42.9 Å². The lowest BCUT2D eigenvalue weighted by molar-refractivity contribution is -0.167. The number of fused-ring (bicyclic) bond motifs is 1. The molecule has 4 heterocycles. The number of aromatic hydroxyl groups is 2. The lowest BCUT2D eigenvalue weighted by Crippen LogP contribution is -2.47. The van der Waals surface area contributed by atoms with Gasteiger partial charge in [0.1, 0.15) is 41.7 Å². The van der Waals surface area contributed by atoms with Crippen LogP contribution in [0.4, 0.5) is 5.69 Å². The molecule has 0 aliphatic carbocycles. The molecule has 0 radical (unpaired) electrons. The van der Waals surface area contributed by atoms with Crippen LogP contribution in [-0.4, -0.2) is 148 Å². The standard InChI is InChI=1S/C51H66IN5O13/c1-12-51-48(64)38-36-37(44(62)32(8)47(38)70-51)45(63)41(40-39(36)54-50(55-40)17-19-57(20-18-50)25-28(4)52)53-49(65)27(3)15-13-14-26(2)42(60)30(6)43(61)31(7)46(29(5)33(66-11)16-22-68-51)69-35(59)24-34(58)67-23-21-56(9)10/h1,13-16,22,26,28-31,33,42-43,46,60-63H,17-21,23-25H2,2-11H3,(H,53,65)/b14-13+,22-16+,27-15-/t26-,28?,29+,30+,31+,33-,42-,43+,46+,51-/m0/s1. The molecular formula is C51H66IN5O13. The Labute approximate surface area is 421 Å². The maximum Gasteiger partial charge on any atom is 0.383 e. The van der Waals surface area contributed by atoms with E-state index in [1.807, 2.05) is 19.0 Å². The fraction of sp³-hybridized carbons (Fsp3) is 0.569. The van der Waals surface area contributed by atoms with Gasteiger partial charge in [0.2, 0.25) is 0 Å². The molecule has 5 N–H and O–H groups in total. The molecule has 6 rings (SSSR count). The molecule has 0 saturated carbocycles. The van der Waals surface area contributed by atoms with Gasteiger partial charge in [0.25, 0.3) is 11.7 Å². The number of nitrogens with zero attached hydrogens (tertiary/aromatic N) is 4. The molecule has 19 heteroatoms. The summed E-state index contributed by atoms with van der Waals surface area (Å²) in [6.45, 7) is 14.5. The van der Waals surface area contributed by atoms with Gasteiger partial charge >= 0.3 is 17.7 Å². The number of aliphatic hydroxyl groups is 2. The average molecular weight is 1080 g/mol. The van der Waals surface area contributed by atoms with Gasteiger partial charge < -0.3 is 59.2 Å². The highest BCUT2D eigenvalue weighted by Crippen LogP contribution is 2.50. The second-order valence-electron chi connectivity index (χ2n) is 19.2. The van der Waals surface area contributed by atoms with E-state index in [2.05, 4.69) is 45.7 Å². The van der Waals surface area contributed by atoms with E-state index in [0.29, 0.717) is 36.4 Å². The van der Waals surface area contributed by atoms with Crippen molar-refractivity contribution < 1.29 is 63.3 Å². The van der Waals surface area contributed by atoms with E-state index in [0.717, 1.165) is 12.8 Å². The van der Waals surface area contributed by atoms with E-state index in [9.17, 15) is 39.6 Å². The number of hydrogen-bond donors (Lipinski definition) is 5. The number of carbonyl (C=O) groups excluding carboxylic acids is 4. The highest BCUT2D eigenvalue weighted by Gasteiger charge is 2.53. The maximum absolute atomic E-state index is 15.0. The number of alkyl halides is 1. The Hall–Kier alpha value is -5.11. The number of esters is 2. The van der Waals surface area contributed by atoms with Crippen molar-refractivity contribution in [1.29, 1.82) is 0 Å². The number of ketones is 1. The van der Waals surface area contributed by atoms with Gasteiger partial charge in [-0.2, -0.15) is 0 Å². The van der Waals surface area contributed by atoms with Crippen LogP contribution in [0.3, 0.4) is 0 Å². The number of benzene rings is 2. The van der Waals surface area contributed by atoms with Crippen LogP contribution >= 0.6 is 22.6 Å². The number of amides is 1. The number of phenols is 2. The predicted octanol–water partition coefficient (Wildman–Crippen LogP) is 4.01. The highest BCUT2D eigenvalue weighted by molar-refractivity contribution is 14.1. The molecule has 1 unspecified atom stereocenters. The minimum atomic E-state index is -2.45.